The molecule has 6 heteroatoms. The summed E-state index contributed by atoms with van der Waals surface area (Å²) in [6.45, 7) is 1.19. The van der Waals surface area contributed by atoms with Gasteiger partial charge in [0, 0.05) is 19.1 Å². The average molecular weight is 307 g/mol. The zero-order chi connectivity index (χ0) is 14.9. The Morgan fingerprint density at radius 3 is 2.30 bits per heavy atom. The number of hydrogen-bond acceptors (Lipinski definition) is 2. The van der Waals surface area contributed by atoms with Gasteiger partial charge in [0.1, 0.15) is 0 Å². The minimum Gasteiger partial charge on any atom is -0.370 e. The van der Waals surface area contributed by atoms with Crippen molar-refractivity contribution in [2.45, 2.75) is 25.1 Å². The summed E-state index contributed by atoms with van der Waals surface area (Å²) in [5, 5.41) is 0.170. The van der Waals surface area contributed by atoms with E-state index < -0.39 is 11.7 Å². The molecule has 1 aliphatic rings. The molecule has 112 valence electrons. The maximum absolute atomic E-state index is 13.1. The first-order chi connectivity index (χ1) is 9.30. The maximum atomic E-state index is 13.1. The number of para-hydroxylation sites is 1. The largest absolute Gasteiger partial charge is 0.418 e. The lowest BCUT2D eigenvalue weighted by Crippen LogP contribution is -2.42. The highest BCUT2D eigenvalue weighted by molar-refractivity contribution is 6.33. The van der Waals surface area contributed by atoms with Gasteiger partial charge in [-0.05, 0) is 39.1 Å². The molecule has 0 aliphatic carbocycles. The maximum Gasteiger partial charge on any atom is 0.418 e. The highest BCUT2D eigenvalue weighted by Gasteiger charge is 2.36. The number of benzene rings is 1. The predicted molar refractivity (Wildman–Crippen MR) is 75.4 cm³/mol. The third kappa shape index (κ3) is 3.20. The summed E-state index contributed by atoms with van der Waals surface area (Å²) in [4.78, 5) is 3.87. The highest BCUT2D eigenvalue weighted by atomic mass is 35.5. The molecule has 0 amide bonds. The molecule has 2 nitrogen and oxygen atoms in total. The third-order valence-electron chi connectivity index (χ3n) is 3.80. The van der Waals surface area contributed by atoms with E-state index in [4.69, 9.17) is 11.6 Å². The fraction of sp³-hybridized carbons (Fsp3) is 0.571. The van der Waals surface area contributed by atoms with E-state index in [0.29, 0.717) is 19.1 Å². The molecule has 0 N–H and O–H groups in total. The average Bonchev–Trinajstić information content (AvgIpc) is 2.37. The van der Waals surface area contributed by atoms with Crippen molar-refractivity contribution < 1.29 is 13.2 Å². The van der Waals surface area contributed by atoms with Crippen LogP contribution >= 0.6 is 11.6 Å². The van der Waals surface area contributed by atoms with Crippen LogP contribution in [0.25, 0.3) is 0 Å². The van der Waals surface area contributed by atoms with Crippen molar-refractivity contribution in [3.8, 4) is 0 Å². The summed E-state index contributed by atoms with van der Waals surface area (Å²) >= 11 is 6.02. The van der Waals surface area contributed by atoms with Crippen LogP contribution in [0.1, 0.15) is 18.4 Å². The van der Waals surface area contributed by atoms with Gasteiger partial charge in [0.05, 0.1) is 16.3 Å². The summed E-state index contributed by atoms with van der Waals surface area (Å²) < 4.78 is 39.3. The van der Waals surface area contributed by atoms with Gasteiger partial charge in [0.15, 0.2) is 0 Å². The van der Waals surface area contributed by atoms with Crippen LogP contribution in [0, 0.1) is 0 Å². The van der Waals surface area contributed by atoms with E-state index >= 15 is 0 Å². The first-order valence-corrected chi connectivity index (χ1v) is 6.95. The van der Waals surface area contributed by atoms with Crippen molar-refractivity contribution in [3.05, 3.63) is 28.8 Å². The topological polar surface area (TPSA) is 6.48 Å². The van der Waals surface area contributed by atoms with Crippen molar-refractivity contribution in [1.29, 1.82) is 0 Å². The molecule has 1 aromatic carbocycles. The molecule has 20 heavy (non-hydrogen) atoms. The van der Waals surface area contributed by atoms with E-state index in [1.54, 1.807) is 4.90 Å². The van der Waals surface area contributed by atoms with Crippen molar-refractivity contribution in [1.82, 2.24) is 4.90 Å². The van der Waals surface area contributed by atoms with Gasteiger partial charge in [-0.1, -0.05) is 17.7 Å². The summed E-state index contributed by atoms with van der Waals surface area (Å²) in [7, 11) is 3.99. The number of piperidine rings is 1. The van der Waals surface area contributed by atoms with Gasteiger partial charge in [-0.2, -0.15) is 13.2 Å². The Hall–Kier alpha value is -0.940. The zero-order valence-electron chi connectivity index (χ0n) is 11.5. The molecule has 0 spiro atoms. The molecule has 1 aromatic rings. The molecular weight excluding hydrogens is 289 g/mol. The predicted octanol–water partition coefficient (Wildman–Crippen LogP) is 3.89. The van der Waals surface area contributed by atoms with E-state index in [1.165, 1.54) is 12.1 Å². The Labute approximate surface area is 122 Å². The Bertz CT molecular complexity index is 466. The van der Waals surface area contributed by atoms with Crippen molar-refractivity contribution in [3.63, 3.8) is 0 Å². The summed E-state index contributed by atoms with van der Waals surface area (Å²) in [6.07, 6.45) is -2.69. The summed E-state index contributed by atoms with van der Waals surface area (Å²) in [5.41, 5.74) is -0.521. The van der Waals surface area contributed by atoms with Gasteiger partial charge in [-0.15, -0.1) is 0 Å². The second kappa shape index (κ2) is 5.82. The zero-order valence-corrected chi connectivity index (χ0v) is 12.3. The van der Waals surface area contributed by atoms with Crippen LogP contribution in [0.5, 0.6) is 0 Å². The van der Waals surface area contributed by atoms with E-state index in [2.05, 4.69) is 4.90 Å². The molecule has 0 unspecified atom stereocenters. The smallest absolute Gasteiger partial charge is 0.370 e. The van der Waals surface area contributed by atoms with Crippen molar-refractivity contribution in [2.75, 3.05) is 32.1 Å². The van der Waals surface area contributed by atoms with Crippen LogP contribution in [0.2, 0.25) is 5.02 Å². The number of anilines is 1. The number of hydrogen-bond donors (Lipinski definition) is 0. The van der Waals surface area contributed by atoms with Gasteiger partial charge < -0.3 is 9.80 Å². The lowest BCUT2D eigenvalue weighted by Gasteiger charge is -2.37. The molecule has 1 saturated heterocycles. The molecule has 0 radical (unpaired) electrons. The number of nitrogens with zero attached hydrogens (tertiary/aromatic N) is 2. The first kappa shape index (κ1) is 15.4. The molecule has 1 heterocycles. The van der Waals surface area contributed by atoms with Crippen molar-refractivity contribution >= 4 is 17.3 Å². The Morgan fingerprint density at radius 1 is 1.20 bits per heavy atom. The van der Waals surface area contributed by atoms with Crippen LogP contribution in [-0.4, -0.2) is 38.1 Å². The molecule has 1 fully saturated rings. The van der Waals surface area contributed by atoms with Gasteiger partial charge >= 0.3 is 6.18 Å². The van der Waals surface area contributed by atoms with E-state index in [0.717, 1.165) is 18.9 Å². The fourth-order valence-corrected chi connectivity index (χ4v) is 2.97. The number of rotatable bonds is 2. The van der Waals surface area contributed by atoms with Crippen LogP contribution < -0.4 is 4.90 Å². The lowest BCUT2D eigenvalue weighted by molar-refractivity contribution is -0.137. The highest BCUT2D eigenvalue weighted by Crippen LogP contribution is 2.41. The van der Waals surface area contributed by atoms with Gasteiger partial charge in [-0.3, -0.25) is 0 Å². The Balaban J connectivity index is 2.26. The van der Waals surface area contributed by atoms with E-state index in [1.807, 2.05) is 14.1 Å². The normalized spacial score (nSPS) is 17.9. The molecular formula is C14H18ClF3N2. The summed E-state index contributed by atoms with van der Waals surface area (Å²) in [6, 6.07) is 4.38. The molecule has 0 atom stereocenters. The fourth-order valence-electron chi connectivity index (χ4n) is 2.67. The van der Waals surface area contributed by atoms with Gasteiger partial charge in [0.2, 0.25) is 0 Å². The van der Waals surface area contributed by atoms with Gasteiger partial charge in [-0.25, -0.2) is 0 Å². The molecule has 0 saturated carbocycles. The molecule has 2 rings (SSSR count). The Kier molecular flexibility index (Phi) is 4.49. The van der Waals surface area contributed by atoms with E-state index in [-0.39, 0.29) is 10.7 Å². The van der Waals surface area contributed by atoms with Gasteiger partial charge in [0.25, 0.3) is 0 Å². The molecule has 1 aliphatic heterocycles. The molecule has 0 aromatic heterocycles. The Morgan fingerprint density at radius 2 is 1.80 bits per heavy atom. The standard InChI is InChI=1S/C14H18ClF3N2/c1-19(2)10-6-8-20(9-7-10)13-11(14(16,17)18)4-3-5-12(13)15/h3-5,10H,6-9H2,1-2H3. The van der Waals surface area contributed by atoms with Crippen molar-refractivity contribution in [2.24, 2.45) is 0 Å². The van der Waals surface area contributed by atoms with E-state index in [9.17, 15) is 13.2 Å². The second-order valence-corrected chi connectivity index (χ2v) is 5.72. The number of halogens is 4. The van der Waals surface area contributed by atoms with Crippen LogP contribution in [0.15, 0.2) is 18.2 Å². The molecule has 0 bridgehead atoms. The van der Waals surface area contributed by atoms with Crippen LogP contribution in [0.3, 0.4) is 0 Å². The SMILES string of the molecule is CN(C)C1CCN(c2c(Cl)cccc2C(F)(F)F)CC1. The number of alkyl halides is 3. The minimum absolute atomic E-state index is 0.124. The first-order valence-electron chi connectivity index (χ1n) is 6.58. The minimum atomic E-state index is -4.38. The quantitative estimate of drug-likeness (QED) is 0.818. The second-order valence-electron chi connectivity index (χ2n) is 5.32. The lowest BCUT2D eigenvalue weighted by atomic mass is 10.0. The van der Waals surface area contributed by atoms with Crippen LogP contribution in [-0.2, 0) is 6.18 Å². The van der Waals surface area contributed by atoms with Crippen LogP contribution in [0.4, 0.5) is 18.9 Å². The summed E-state index contributed by atoms with van der Waals surface area (Å²) in [5.74, 6) is 0. The monoisotopic (exact) mass is 306 g/mol. The third-order valence-corrected chi connectivity index (χ3v) is 4.11.